The van der Waals surface area contributed by atoms with E-state index in [0.717, 1.165) is 21.3 Å². The molecule has 0 heterocycles. The van der Waals surface area contributed by atoms with Crippen LogP contribution >= 0.6 is 15.9 Å². The number of aliphatic hydroxyl groups excluding tert-OH is 1. The highest BCUT2D eigenvalue weighted by molar-refractivity contribution is 9.10. The van der Waals surface area contributed by atoms with Crippen LogP contribution in [0.5, 0.6) is 0 Å². The second-order valence-electron chi connectivity index (χ2n) is 3.79. The lowest BCUT2D eigenvalue weighted by molar-refractivity contribution is 0.221. The van der Waals surface area contributed by atoms with Crippen LogP contribution in [0.25, 0.3) is 0 Å². The van der Waals surface area contributed by atoms with Crippen molar-refractivity contribution in [2.75, 3.05) is 12.4 Å². The van der Waals surface area contributed by atoms with Crippen molar-refractivity contribution in [2.45, 2.75) is 6.10 Å². The Labute approximate surface area is 109 Å². The Balaban J connectivity index is 2.43. The number of rotatable bonds is 3. The van der Waals surface area contributed by atoms with Gasteiger partial charge >= 0.3 is 0 Å². The van der Waals surface area contributed by atoms with Crippen LogP contribution in [0.2, 0.25) is 0 Å². The Bertz CT molecular complexity index is 499. The molecule has 0 unspecified atom stereocenters. The van der Waals surface area contributed by atoms with Crippen molar-refractivity contribution in [3.05, 3.63) is 64.1 Å². The zero-order chi connectivity index (χ0) is 12.3. The van der Waals surface area contributed by atoms with Crippen molar-refractivity contribution in [3.63, 3.8) is 0 Å². The second-order valence-corrected chi connectivity index (χ2v) is 4.71. The Morgan fingerprint density at radius 1 is 1.12 bits per heavy atom. The molecule has 0 radical (unpaired) electrons. The fourth-order valence-electron chi connectivity index (χ4n) is 1.80. The van der Waals surface area contributed by atoms with E-state index in [2.05, 4.69) is 21.2 Å². The first-order valence-electron chi connectivity index (χ1n) is 5.42. The van der Waals surface area contributed by atoms with E-state index in [1.807, 2.05) is 55.6 Å². The Morgan fingerprint density at radius 2 is 1.82 bits per heavy atom. The minimum atomic E-state index is -0.615. The number of halogens is 1. The number of hydrogen-bond acceptors (Lipinski definition) is 2. The Hall–Kier alpha value is -1.32. The van der Waals surface area contributed by atoms with Gasteiger partial charge in [-0.1, -0.05) is 46.3 Å². The molecule has 2 aromatic carbocycles. The smallest absolute Gasteiger partial charge is 0.106 e. The van der Waals surface area contributed by atoms with Crippen LogP contribution in [0.1, 0.15) is 17.2 Å². The third-order valence-electron chi connectivity index (χ3n) is 2.69. The molecule has 0 saturated carbocycles. The maximum absolute atomic E-state index is 10.4. The van der Waals surface area contributed by atoms with Gasteiger partial charge in [0, 0.05) is 22.8 Å². The molecule has 2 rings (SSSR count). The molecule has 17 heavy (non-hydrogen) atoms. The summed E-state index contributed by atoms with van der Waals surface area (Å²) in [5.41, 5.74) is 2.69. The third kappa shape index (κ3) is 2.68. The summed E-state index contributed by atoms with van der Waals surface area (Å²) in [7, 11) is 1.85. The molecule has 0 spiro atoms. The number of anilines is 1. The van der Waals surface area contributed by atoms with Gasteiger partial charge in [0.05, 0.1) is 0 Å². The molecule has 1 atom stereocenters. The Kier molecular flexibility index (Phi) is 3.82. The summed E-state index contributed by atoms with van der Waals surface area (Å²) in [5, 5.41) is 13.5. The standard InChI is InChI=1S/C14H14BrNO/c1-16-13-8-7-11(15)9-12(13)14(17)10-5-3-2-4-6-10/h2-9,14,16-17H,1H3/t14-/m1/s1. The third-order valence-corrected chi connectivity index (χ3v) is 3.19. The van der Waals surface area contributed by atoms with Gasteiger partial charge < -0.3 is 10.4 Å². The van der Waals surface area contributed by atoms with Crippen molar-refractivity contribution < 1.29 is 5.11 Å². The van der Waals surface area contributed by atoms with Crippen molar-refractivity contribution in [2.24, 2.45) is 0 Å². The van der Waals surface area contributed by atoms with E-state index in [9.17, 15) is 5.11 Å². The van der Waals surface area contributed by atoms with Gasteiger partial charge in [-0.25, -0.2) is 0 Å². The predicted molar refractivity (Wildman–Crippen MR) is 74.2 cm³/mol. The zero-order valence-electron chi connectivity index (χ0n) is 9.52. The summed E-state index contributed by atoms with van der Waals surface area (Å²) >= 11 is 3.43. The van der Waals surface area contributed by atoms with Crippen LogP contribution in [0.4, 0.5) is 5.69 Å². The largest absolute Gasteiger partial charge is 0.388 e. The highest BCUT2D eigenvalue weighted by atomic mass is 79.9. The molecule has 0 aliphatic carbocycles. The predicted octanol–water partition coefficient (Wildman–Crippen LogP) is 3.57. The van der Waals surface area contributed by atoms with Gasteiger partial charge in [0.1, 0.15) is 6.10 Å². The minimum Gasteiger partial charge on any atom is -0.388 e. The summed E-state index contributed by atoms with van der Waals surface area (Å²) < 4.78 is 0.960. The zero-order valence-corrected chi connectivity index (χ0v) is 11.1. The monoisotopic (exact) mass is 291 g/mol. The highest BCUT2D eigenvalue weighted by Gasteiger charge is 2.14. The quantitative estimate of drug-likeness (QED) is 0.906. The molecule has 2 nitrogen and oxygen atoms in total. The second kappa shape index (κ2) is 5.34. The average molecular weight is 292 g/mol. The first-order valence-corrected chi connectivity index (χ1v) is 6.22. The van der Waals surface area contributed by atoms with Crippen LogP contribution in [-0.4, -0.2) is 12.2 Å². The van der Waals surface area contributed by atoms with Gasteiger partial charge in [-0.3, -0.25) is 0 Å². The topological polar surface area (TPSA) is 32.3 Å². The van der Waals surface area contributed by atoms with Crippen LogP contribution in [0.15, 0.2) is 53.0 Å². The van der Waals surface area contributed by atoms with E-state index in [0.29, 0.717) is 0 Å². The molecule has 0 amide bonds. The van der Waals surface area contributed by atoms with Crippen LogP contribution in [0, 0.1) is 0 Å². The molecule has 2 N–H and O–H groups in total. The van der Waals surface area contributed by atoms with E-state index < -0.39 is 6.10 Å². The first kappa shape index (κ1) is 12.1. The molecule has 2 aromatic rings. The van der Waals surface area contributed by atoms with Crippen molar-refractivity contribution >= 4 is 21.6 Å². The maximum atomic E-state index is 10.4. The van der Waals surface area contributed by atoms with Gasteiger partial charge in [0.25, 0.3) is 0 Å². The van der Waals surface area contributed by atoms with E-state index in [-0.39, 0.29) is 0 Å². The first-order chi connectivity index (χ1) is 8.22. The van der Waals surface area contributed by atoms with Crippen molar-refractivity contribution in [1.29, 1.82) is 0 Å². The van der Waals surface area contributed by atoms with Gasteiger partial charge in [-0.05, 0) is 23.8 Å². The lowest BCUT2D eigenvalue weighted by Crippen LogP contribution is -2.03. The fraction of sp³-hybridized carbons (Fsp3) is 0.143. The normalized spacial score (nSPS) is 12.2. The number of aliphatic hydroxyl groups is 1. The summed E-state index contributed by atoms with van der Waals surface area (Å²) in [6.07, 6.45) is -0.615. The molecule has 88 valence electrons. The van der Waals surface area contributed by atoms with E-state index in [1.165, 1.54) is 0 Å². The molecule has 3 heteroatoms. The van der Waals surface area contributed by atoms with Crippen molar-refractivity contribution in [1.82, 2.24) is 0 Å². The molecule has 0 aromatic heterocycles. The van der Waals surface area contributed by atoms with Gasteiger partial charge in [-0.2, -0.15) is 0 Å². The van der Waals surface area contributed by atoms with Crippen LogP contribution in [-0.2, 0) is 0 Å². The van der Waals surface area contributed by atoms with Gasteiger partial charge in [-0.15, -0.1) is 0 Å². The van der Waals surface area contributed by atoms with Crippen LogP contribution in [0.3, 0.4) is 0 Å². The number of hydrogen-bond donors (Lipinski definition) is 2. The molecule has 0 aliphatic heterocycles. The summed E-state index contributed by atoms with van der Waals surface area (Å²) in [4.78, 5) is 0. The molecule has 0 aliphatic rings. The maximum Gasteiger partial charge on any atom is 0.106 e. The van der Waals surface area contributed by atoms with E-state index >= 15 is 0 Å². The Morgan fingerprint density at radius 3 is 2.47 bits per heavy atom. The lowest BCUT2D eigenvalue weighted by atomic mass is 10.00. The molecule has 0 bridgehead atoms. The molecule has 0 saturated heterocycles. The van der Waals surface area contributed by atoms with Crippen molar-refractivity contribution in [3.8, 4) is 0 Å². The molecule has 0 fully saturated rings. The minimum absolute atomic E-state index is 0.615. The lowest BCUT2D eigenvalue weighted by Gasteiger charge is -2.16. The fourth-order valence-corrected chi connectivity index (χ4v) is 2.18. The SMILES string of the molecule is CNc1ccc(Br)cc1[C@H](O)c1ccccc1. The van der Waals surface area contributed by atoms with E-state index in [4.69, 9.17) is 0 Å². The summed E-state index contributed by atoms with van der Waals surface area (Å²) in [6.45, 7) is 0. The molecular weight excluding hydrogens is 278 g/mol. The van der Waals surface area contributed by atoms with Crippen LogP contribution < -0.4 is 5.32 Å². The summed E-state index contributed by atoms with van der Waals surface area (Å²) in [6, 6.07) is 15.5. The average Bonchev–Trinajstić information content (AvgIpc) is 2.39. The number of nitrogens with one attached hydrogen (secondary N) is 1. The van der Waals surface area contributed by atoms with Gasteiger partial charge in [0.15, 0.2) is 0 Å². The van der Waals surface area contributed by atoms with Gasteiger partial charge in [0.2, 0.25) is 0 Å². The molecular formula is C14H14BrNO. The van der Waals surface area contributed by atoms with E-state index in [1.54, 1.807) is 0 Å². The summed E-state index contributed by atoms with van der Waals surface area (Å²) in [5.74, 6) is 0. The number of benzene rings is 2. The highest BCUT2D eigenvalue weighted by Crippen LogP contribution is 2.30.